The Bertz CT molecular complexity index is 770. The van der Waals surface area contributed by atoms with Gasteiger partial charge in [-0.2, -0.15) is 0 Å². The topological polar surface area (TPSA) is 43.4 Å². The first kappa shape index (κ1) is 13.2. The first-order valence-corrected chi connectivity index (χ1v) is 7.94. The summed E-state index contributed by atoms with van der Waals surface area (Å²) in [5.41, 5.74) is 3.93. The monoisotopic (exact) mass is 288 g/mol. The van der Waals surface area contributed by atoms with Crippen LogP contribution >= 0.6 is 0 Å². The van der Waals surface area contributed by atoms with Gasteiger partial charge >= 0.3 is 0 Å². The molecule has 0 radical (unpaired) electrons. The zero-order chi connectivity index (χ0) is 14.7. The third-order valence-corrected chi connectivity index (χ3v) is 5.72. The third kappa shape index (κ3) is 1.75. The van der Waals surface area contributed by atoms with Crippen molar-refractivity contribution in [3.05, 3.63) is 46.5 Å². The van der Waals surface area contributed by atoms with Crippen molar-refractivity contribution in [3.63, 3.8) is 0 Å². The summed E-state index contributed by atoms with van der Waals surface area (Å²) in [7, 11) is -3.50. The molecule has 20 heavy (non-hydrogen) atoms. The van der Waals surface area contributed by atoms with Gasteiger partial charge in [0.05, 0.1) is 0 Å². The van der Waals surface area contributed by atoms with Gasteiger partial charge in [-0.15, -0.1) is 0 Å². The maximum Gasteiger partial charge on any atom is 0.213 e. The van der Waals surface area contributed by atoms with Gasteiger partial charge in [0, 0.05) is 0 Å². The van der Waals surface area contributed by atoms with Gasteiger partial charge in [-0.05, 0) is 74.2 Å². The van der Waals surface area contributed by atoms with Gasteiger partial charge in [-0.3, -0.25) is 0 Å². The SMILES string of the molecule is Cc1cc2c(cc1C)S(=O)(=O)c1cc(C)c(C)cc1O2. The highest BCUT2D eigenvalue weighted by Crippen LogP contribution is 2.44. The summed E-state index contributed by atoms with van der Waals surface area (Å²) < 4.78 is 31.3. The van der Waals surface area contributed by atoms with E-state index >= 15 is 0 Å². The lowest BCUT2D eigenvalue weighted by Crippen LogP contribution is -2.12. The summed E-state index contributed by atoms with van der Waals surface area (Å²) in [5, 5.41) is 0. The lowest BCUT2D eigenvalue weighted by atomic mass is 10.1. The maximum atomic E-state index is 12.7. The summed E-state index contributed by atoms with van der Waals surface area (Å²) in [5.74, 6) is 0.840. The molecule has 0 amide bonds. The number of benzene rings is 2. The van der Waals surface area contributed by atoms with E-state index in [0.29, 0.717) is 11.5 Å². The van der Waals surface area contributed by atoms with Crippen LogP contribution in [0.25, 0.3) is 0 Å². The van der Waals surface area contributed by atoms with Crippen LogP contribution in [-0.4, -0.2) is 8.42 Å². The third-order valence-electron chi connectivity index (χ3n) is 3.92. The molecule has 0 saturated carbocycles. The molecule has 0 unspecified atom stereocenters. The minimum Gasteiger partial charge on any atom is -0.455 e. The molecule has 0 spiro atoms. The van der Waals surface area contributed by atoms with Gasteiger partial charge in [0.25, 0.3) is 0 Å². The molecule has 0 bridgehead atoms. The minimum absolute atomic E-state index is 0.261. The zero-order valence-corrected chi connectivity index (χ0v) is 12.8. The lowest BCUT2D eigenvalue weighted by Gasteiger charge is -2.22. The smallest absolute Gasteiger partial charge is 0.213 e. The second-order valence-electron chi connectivity index (χ2n) is 5.37. The molecule has 3 rings (SSSR count). The number of rotatable bonds is 0. The fraction of sp³-hybridized carbons (Fsp3) is 0.250. The van der Waals surface area contributed by atoms with Crippen LogP contribution in [0.1, 0.15) is 22.3 Å². The second kappa shape index (κ2) is 4.09. The average molecular weight is 288 g/mol. The van der Waals surface area contributed by atoms with E-state index in [0.717, 1.165) is 22.3 Å². The van der Waals surface area contributed by atoms with E-state index < -0.39 is 9.84 Å². The summed E-state index contributed by atoms with van der Waals surface area (Å²) >= 11 is 0. The highest BCUT2D eigenvalue weighted by Gasteiger charge is 2.32. The molecule has 104 valence electrons. The van der Waals surface area contributed by atoms with Crippen LogP contribution in [-0.2, 0) is 9.84 Å². The normalized spacial score (nSPS) is 15.2. The number of sulfone groups is 1. The average Bonchev–Trinajstić information content (AvgIpc) is 2.35. The van der Waals surface area contributed by atoms with Crippen molar-refractivity contribution >= 4 is 9.84 Å². The second-order valence-corrected chi connectivity index (χ2v) is 7.26. The molecular weight excluding hydrogens is 272 g/mol. The van der Waals surface area contributed by atoms with Gasteiger partial charge in [0.15, 0.2) is 0 Å². The highest BCUT2D eigenvalue weighted by atomic mass is 32.2. The molecule has 0 atom stereocenters. The molecule has 2 aromatic carbocycles. The van der Waals surface area contributed by atoms with E-state index in [9.17, 15) is 8.42 Å². The Morgan fingerprint density at radius 1 is 0.700 bits per heavy atom. The van der Waals surface area contributed by atoms with Crippen molar-refractivity contribution in [2.75, 3.05) is 0 Å². The van der Waals surface area contributed by atoms with Gasteiger partial charge < -0.3 is 4.74 Å². The standard InChI is InChI=1S/C16H16O3S/c1-9-5-13-15(7-11(9)3)20(17,18)16-8-12(4)10(2)6-14(16)19-13/h5-8H,1-4H3. The van der Waals surface area contributed by atoms with Crippen LogP contribution in [0.3, 0.4) is 0 Å². The number of hydrogen-bond acceptors (Lipinski definition) is 3. The van der Waals surface area contributed by atoms with Crippen LogP contribution in [0.2, 0.25) is 0 Å². The van der Waals surface area contributed by atoms with Crippen molar-refractivity contribution in [2.24, 2.45) is 0 Å². The van der Waals surface area contributed by atoms with E-state index in [1.165, 1.54) is 0 Å². The minimum atomic E-state index is -3.50. The van der Waals surface area contributed by atoms with Crippen molar-refractivity contribution < 1.29 is 13.2 Å². The van der Waals surface area contributed by atoms with E-state index in [-0.39, 0.29) is 9.79 Å². The van der Waals surface area contributed by atoms with Crippen molar-refractivity contribution in [2.45, 2.75) is 37.5 Å². The van der Waals surface area contributed by atoms with Crippen LogP contribution in [0, 0.1) is 27.7 Å². The number of ether oxygens (including phenoxy) is 1. The molecule has 4 heteroatoms. The first-order valence-electron chi connectivity index (χ1n) is 6.46. The molecule has 0 aliphatic carbocycles. The van der Waals surface area contributed by atoms with E-state index in [4.69, 9.17) is 4.74 Å². The summed E-state index contributed by atoms with van der Waals surface area (Å²) in [6, 6.07) is 6.97. The molecule has 0 aromatic heterocycles. The molecule has 1 aliphatic rings. The first-order chi connectivity index (χ1) is 9.30. The quantitative estimate of drug-likeness (QED) is 0.631. The number of aryl methyl sites for hydroxylation is 4. The predicted molar refractivity (Wildman–Crippen MR) is 77.4 cm³/mol. The lowest BCUT2D eigenvalue weighted by molar-refractivity contribution is 0.441. The van der Waals surface area contributed by atoms with Gasteiger partial charge in [0.2, 0.25) is 9.84 Å². The van der Waals surface area contributed by atoms with Gasteiger partial charge in [0.1, 0.15) is 21.3 Å². The Labute approximate surface area is 119 Å². The van der Waals surface area contributed by atoms with Crippen molar-refractivity contribution in [1.29, 1.82) is 0 Å². The van der Waals surface area contributed by atoms with Crippen LogP contribution in [0.15, 0.2) is 34.1 Å². The Morgan fingerprint density at radius 3 is 1.45 bits per heavy atom. The molecule has 0 N–H and O–H groups in total. The molecular formula is C16H16O3S. The highest BCUT2D eigenvalue weighted by molar-refractivity contribution is 7.91. The Kier molecular flexibility index (Phi) is 2.70. The Hall–Kier alpha value is -1.81. The van der Waals surface area contributed by atoms with Crippen molar-refractivity contribution in [1.82, 2.24) is 0 Å². The fourth-order valence-corrected chi connectivity index (χ4v) is 3.97. The van der Waals surface area contributed by atoms with Gasteiger partial charge in [-0.25, -0.2) is 8.42 Å². The van der Waals surface area contributed by atoms with E-state index in [1.807, 2.05) is 27.7 Å². The van der Waals surface area contributed by atoms with Crippen LogP contribution in [0.5, 0.6) is 11.5 Å². The molecule has 0 saturated heterocycles. The zero-order valence-electron chi connectivity index (χ0n) is 11.9. The van der Waals surface area contributed by atoms with Gasteiger partial charge in [-0.1, -0.05) is 0 Å². The van der Waals surface area contributed by atoms with Crippen molar-refractivity contribution in [3.8, 4) is 11.5 Å². The van der Waals surface area contributed by atoms with Crippen LogP contribution < -0.4 is 4.74 Å². The van der Waals surface area contributed by atoms with Crippen LogP contribution in [0.4, 0.5) is 0 Å². The molecule has 2 aromatic rings. The van der Waals surface area contributed by atoms with E-state index in [2.05, 4.69) is 0 Å². The fourth-order valence-electron chi connectivity index (χ4n) is 2.34. The summed E-state index contributed by atoms with van der Waals surface area (Å²) in [4.78, 5) is 0.521. The van der Waals surface area contributed by atoms with E-state index in [1.54, 1.807) is 24.3 Å². The summed E-state index contributed by atoms with van der Waals surface area (Å²) in [6.07, 6.45) is 0. The Morgan fingerprint density at radius 2 is 1.05 bits per heavy atom. The summed E-state index contributed by atoms with van der Waals surface area (Å²) in [6.45, 7) is 7.70. The largest absolute Gasteiger partial charge is 0.455 e. The maximum absolute atomic E-state index is 12.7. The molecule has 3 nitrogen and oxygen atoms in total. The number of hydrogen-bond donors (Lipinski definition) is 0. The predicted octanol–water partition coefficient (Wildman–Crippen LogP) is 3.86. The molecule has 1 heterocycles. The molecule has 1 aliphatic heterocycles. The Balaban J connectivity index is 2.35. The number of fused-ring (bicyclic) bond motifs is 2. The molecule has 0 fully saturated rings.